The zero-order chi connectivity index (χ0) is 18.1. The van der Waals surface area contributed by atoms with E-state index in [4.69, 9.17) is 0 Å². The molecule has 1 aliphatic heterocycles. The number of amides is 1. The molecule has 1 atom stereocenters. The summed E-state index contributed by atoms with van der Waals surface area (Å²) < 4.78 is 0. The van der Waals surface area contributed by atoms with Crippen molar-refractivity contribution in [3.05, 3.63) is 35.9 Å². The average molecular weight is 345 g/mol. The van der Waals surface area contributed by atoms with E-state index < -0.39 is 0 Å². The van der Waals surface area contributed by atoms with Gasteiger partial charge in [0.15, 0.2) is 5.96 Å². The lowest BCUT2D eigenvalue weighted by Gasteiger charge is -2.33. The summed E-state index contributed by atoms with van der Waals surface area (Å²) in [5.41, 5.74) is 1.15. The van der Waals surface area contributed by atoms with Crippen molar-refractivity contribution in [2.45, 2.75) is 39.7 Å². The molecule has 2 rings (SSSR count). The van der Waals surface area contributed by atoms with E-state index >= 15 is 0 Å². The van der Waals surface area contributed by atoms with E-state index in [1.807, 2.05) is 37.4 Å². The molecule has 138 valence electrons. The maximum Gasteiger partial charge on any atom is 0.224 e. The van der Waals surface area contributed by atoms with Crippen LogP contribution >= 0.6 is 0 Å². The molecule has 25 heavy (non-hydrogen) atoms. The van der Waals surface area contributed by atoms with Crippen LogP contribution in [0, 0.1) is 5.92 Å². The van der Waals surface area contributed by atoms with Gasteiger partial charge in [-0.1, -0.05) is 37.3 Å². The third kappa shape index (κ3) is 6.40. The normalized spacial score (nSPS) is 18.1. The molecule has 1 amide bonds. The van der Waals surface area contributed by atoms with Crippen LogP contribution in [0.1, 0.15) is 38.7 Å². The Hall–Kier alpha value is -2.04. The topological polar surface area (TPSA) is 47.9 Å². The predicted molar refractivity (Wildman–Crippen MR) is 103 cm³/mol. The number of nitrogens with zero attached hydrogens (tertiary/aromatic N) is 3. The molecule has 1 heterocycles. The minimum Gasteiger partial charge on any atom is -0.357 e. The monoisotopic (exact) mass is 344 g/mol. The summed E-state index contributed by atoms with van der Waals surface area (Å²) in [6.45, 7) is 8.51. The van der Waals surface area contributed by atoms with Gasteiger partial charge >= 0.3 is 0 Å². The molecule has 1 N–H and O–H groups in total. The average Bonchev–Trinajstić information content (AvgIpc) is 2.61. The minimum absolute atomic E-state index is 0.135. The number of piperidine rings is 1. The van der Waals surface area contributed by atoms with Gasteiger partial charge in [-0.15, -0.1) is 0 Å². The van der Waals surface area contributed by atoms with Gasteiger partial charge in [0.05, 0.1) is 6.54 Å². The summed E-state index contributed by atoms with van der Waals surface area (Å²) in [7, 11) is 1.86. The molecule has 0 spiro atoms. The first-order valence-corrected chi connectivity index (χ1v) is 9.41. The lowest BCUT2D eigenvalue weighted by atomic mass is 10.0. The SMILES string of the molecule is CCNC(=NCCC(=O)N(C)Cc1ccccc1)N1CCCC(C)C1. The van der Waals surface area contributed by atoms with Gasteiger partial charge in [-0.25, -0.2) is 0 Å². The number of aliphatic imine (C=N–C) groups is 1. The number of benzene rings is 1. The van der Waals surface area contributed by atoms with Crippen LogP contribution in [0.2, 0.25) is 0 Å². The number of nitrogens with one attached hydrogen (secondary N) is 1. The highest BCUT2D eigenvalue weighted by atomic mass is 16.2. The van der Waals surface area contributed by atoms with E-state index in [0.717, 1.165) is 31.2 Å². The van der Waals surface area contributed by atoms with Gasteiger partial charge in [0.2, 0.25) is 5.91 Å². The first kappa shape index (κ1) is 19.3. The van der Waals surface area contributed by atoms with Crippen molar-refractivity contribution in [1.29, 1.82) is 0 Å². The highest BCUT2D eigenvalue weighted by Crippen LogP contribution is 2.15. The molecule has 0 aliphatic carbocycles. The standard InChI is InChI=1S/C20H32N4O/c1-4-21-20(24-14-8-9-17(2)15-24)22-13-12-19(25)23(3)16-18-10-6-5-7-11-18/h5-7,10-11,17H,4,8-9,12-16H2,1-3H3,(H,21,22). The van der Waals surface area contributed by atoms with E-state index in [-0.39, 0.29) is 5.91 Å². The highest BCUT2D eigenvalue weighted by Gasteiger charge is 2.19. The maximum atomic E-state index is 12.3. The van der Waals surface area contributed by atoms with Crippen molar-refractivity contribution in [2.75, 3.05) is 33.2 Å². The second-order valence-electron chi connectivity index (χ2n) is 6.91. The van der Waals surface area contributed by atoms with Crippen molar-refractivity contribution < 1.29 is 4.79 Å². The zero-order valence-corrected chi connectivity index (χ0v) is 15.9. The molecule has 0 aromatic heterocycles. The third-order valence-corrected chi connectivity index (χ3v) is 4.57. The van der Waals surface area contributed by atoms with E-state index in [1.54, 1.807) is 4.90 Å². The van der Waals surface area contributed by atoms with Crippen molar-refractivity contribution in [3.8, 4) is 0 Å². The number of likely N-dealkylation sites (tertiary alicyclic amines) is 1. The van der Waals surface area contributed by atoms with E-state index in [2.05, 4.69) is 29.1 Å². The molecule has 5 nitrogen and oxygen atoms in total. The molecule has 0 bridgehead atoms. The minimum atomic E-state index is 0.135. The first-order chi connectivity index (χ1) is 12.1. The first-order valence-electron chi connectivity index (χ1n) is 9.41. The van der Waals surface area contributed by atoms with Crippen LogP contribution in [0.15, 0.2) is 35.3 Å². The van der Waals surface area contributed by atoms with Crippen LogP contribution in [0.3, 0.4) is 0 Å². The summed E-state index contributed by atoms with van der Waals surface area (Å²) in [5, 5.41) is 3.37. The summed E-state index contributed by atoms with van der Waals surface area (Å²) >= 11 is 0. The van der Waals surface area contributed by atoms with Crippen LogP contribution in [0.5, 0.6) is 0 Å². The lowest BCUT2D eigenvalue weighted by molar-refractivity contribution is -0.130. The van der Waals surface area contributed by atoms with Gasteiger partial charge in [0, 0.05) is 39.6 Å². The Kier molecular flexibility index (Phi) is 7.76. The van der Waals surface area contributed by atoms with Crippen molar-refractivity contribution in [3.63, 3.8) is 0 Å². The molecule has 1 aromatic carbocycles. The second kappa shape index (κ2) is 10.1. The van der Waals surface area contributed by atoms with Gasteiger partial charge in [0.25, 0.3) is 0 Å². The Morgan fingerprint density at radius 3 is 2.80 bits per heavy atom. The van der Waals surface area contributed by atoms with Crippen molar-refractivity contribution >= 4 is 11.9 Å². The Balaban J connectivity index is 1.84. The van der Waals surface area contributed by atoms with Gasteiger partial charge in [0.1, 0.15) is 0 Å². The molecule has 1 aliphatic rings. The van der Waals surface area contributed by atoms with Crippen LogP contribution < -0.4 is 5.32 Å². The van der Waals surface area contributed by atoms with Crippen molar-refractivity contribution in [1.82, 2.24) is 15.1 Å². The number of hydrogen-bond acceptors (Lipinski definition) is 2. The molecule has 5 heteroatoms. The quantitative estimate of drug-likeness (QED) is 0.638. The fraction of sp³-hybridized carbons (Fsp3) is 0.600. The van der Waals surface area contributed by atoms with Gasteiger partial charge < -0.3 is 15.1 Å². The largest absolute Gasteiger partial charge is 0.357 e. The number of rotatable bonds is 6. The van der Waals surface area contributed by atoms with Crippen LogP contribution in [0.25, 0.3) is 0 Å². The fourth-order valence-corrected chi connectivity index (χ4v) is 3.20. The number of carbonyl (C=O) groups excluding carboxylic acids is 1. The molecule has 1 aromatic rings. The number of carbonyl (C=O) groups is 1. The molecular weight excluding hydrogens is 312 g/mol. The predicted octanol–water partition coefficient (Wildman–Crippen LogP) is 2.73. The van der Waals surface area contributed by atoms with Gasteiger partial charge in [-0.3, -0.25) is 9.79 Å². The summed E-state index contributed by atoms with van der Waals surface area (Å²) in [6, 6.07) is 10.1. The summed E-state index contributed by atoms with van der Waals surface area (Å²) in [5.74, 6) is 1.79. The fourth-order valence-electron chi connectivity index (χ4n) is 3.20. The Labute approximate surface area is 152 Å². The van der Waals surface area contributed by atoms with Gasteiger partial charge in [-0.2, -0.15) is 0 Å². The molecule has 1 fully saturated rings. The van der Waals surface area contributed by atoms with E-state index in [9.17, 15) is 4.79 Å². The molecule has 0 saturated carbocycles. The Morgan fingerprint density at radius 2 is 2.12 bits per heavy atom. The number of guanidine groups is 1. The summed E-state index contributed by atoms with van der Waals surface area (Å²) in [4.78, 5) is 21.1. The maximum absolute atomic E-state index is 12.3. The molecule has 0 radical (unpaired) electrons. The van der Waals surface area contributed by atoms with Crippen LogP contribution in [-0.4, -0.2) is 54.9 Å². The molecular formula is C20H32N4O. The lowest BCUT2D eigenvalue weighted by Crippen LogP contribution is -2.46. The number of hydrogen-bond donors (Lipinski definition) is 1. The van der Waals surface area contributed by atoms with Crippen molar-refractivity contribution in [2.24, 2.45) is 10.9 Å². The van der Waals surface area contributed by atoms with E-state index in [0.29, 0.717) is 25.4 Å². The summed E-state index contributed by atoms with van der Waals surface area (Å²) in [6.07, 6.45) is 2.95. The highest BCUT2D eigenvalue weighted by molar-refractivity contribution is 5.81. The van der Waals surface area contributed by atoms with Crippen LogP contribution in [0.4, 0.5) is 0 Å². The zero-order valence-electron chi connectivity index (χ0n) is 15.9. The molecule has 1 saturated heterocycles. The van der Waals surface area contributed by atoms with Gasteiger partial charge in [-0.05, 0) is 31.2 Å². The third-order valence-electron chi connectivity index (χ3n) is 4.57. The molecule has 1 unspecified atom stereocenters. The Bertz CT molecular complexity index is 558. The van der Waals surface area contributed by atoms with E-state index in [1.165, 1.54) is 12.8 Å². The second-order valence-corrected chi connectivity index (χ2v) is 6.91. The Morgan fingerprint density at radius 1 is 1.36 bits per heavy atom. The van der Waals surface area contributed by atoms with Crippen LogP contribution in [-0.2, 0) is 11.3 Å². The smallest absolute Gasteiger partial charge is 0.224 e.